The molecule has 2 aliphatic rings. The fraction of sp³-hybridized carbons (Fsp3) is 0.400. The van der Waals surface area contributed by atoms with E-state index in [2.05, 4.69) is 20.9 Å². The molecule has 2 aliphatic heterocycles. The number of pyridine rings is 1. The minimum absolute atomic E-state index is 0.0231. The van der Waals surface area contributed by atoms with Gasteiger partial charge >= 0.3 is 0 Å². The summed E-state index contributed by atoms with van der Waals surface area (Å²) < 4.78 is 36.3. The van der Waals surface area contributed by atoms with E-state index in [1.807, 2.05) is 6.07 Å². The van der Waals surface area contributed by atoms with Crippen LogP contribution in [0, 0.1) is 5.82 Å². The van der Waals surface area contributed by atoms with E-state index in [9.17, 15) is 9.18 Å². The van der Waals surface area contributed by atoms with Gasteiger partial charge in [-0.15, -0.1) is 0 Å². The SMILES string of the molecule is COc1c(F)cccc1NC(=S)C1=C(NCc2ccncc2OCCC2COCCO2)CCNC1=O. The topological polar surface area (TPSA) is 103 Å². The Kier molecular flexibility index (Phi) is 9.04. The summed E-state index contributed by atoms with van der Waals surface area (Å²) in [6.45, 7) is 3.13. The number of rotatable bonds is 10. The molecule has 1 amide bonds. The molecular formula is C25H29FN4O5S. The smallest absolute Gasteiger partial charge is 0.256 e. The lowest BCUT2D eigenvalue weighted by molar-refractivity contribution is -0.117. The number of nitrogens with one attached hydrogen (secondary N) is 3. The molecule has 0 bridgehead atoms. The molecule has 9 nitrogen and oxygen atoms in total. The quantitative estimate of drug-likeness (QED) is 0.411. The van der Waals surface area contributed by atoms with Gasteiger partial charge < -0.3 is 34.9 Å². The molecule has 36 heavy (non-hydrogen) atoms. The van der Waals surface area contributed by atoms with E-state index in [-0.39, 0.29) is 22.7 Å². The zero-order chi connectivity index (χ0) is 25.3. The Morgan fingerprint density at radius 1 is 1.33 bits per heavy atom. The predicted octanol–water partition coefficient (Wildman–Crippen LogP) is 2.72. The first-order valence-electron chi connectivity index (χ1n) is 11.7. The molecule has 4 rings (SSSR count). The van der Waals surface area contributed by atoms with Crippen LogP contribution in [0.4, 0.5) is 10.1 Å². The first-order valence-corrected chi connectivity index (χ1v) is 12.1. The van der Waals surface area contributed by atoms with E-state index in [1.54, 1.807) is 18.5 Å². The number of benzene rings is 1. The number of anilines is 1. The Labute approximate surface area is 214 Å². The van der Waals surface area contributed by atoms with Crippen LogP contribution in [0.2, 0.25) is 0 Å². The zero-order valence-electron chi connectivity index (χ0n) is 20.0. The van der Waals surface area contributed by atoms with Crippen molar-refractivity contribution >= 4 is 28.8 Å². The monoisotopic (exact) mass is 516 g/mol. The second kappa shape index (κ2) is 12.6. The standard InChI is InChI=1S/C25H29FN4O5S/c1-32-23-18(26)3-2-4-20(23)30-25(36)22-19(6-9-28-24(22)31)29-13-16-5-8-27-14-21(16)35-10-7-17-15-33-11-12-34-17/h2-5,8,14,17,29H,6-7,9-13,15H2,1H3,(H,28,31)(H,30,36). The van der Waals surface area contributed by atoms with Crippen molar-refractivity contribution in [2.45, 2.75) is 25.5 Å². The summed E-state index contributed by atoms with van der Waals surface area (Å²) >= 11 is 5.53. The predicted molar refractivity (Wildman–Crippen MR) is 136 cm³/mol. The first kappa shape index (κ1) is 25.8. The highest BCUT2D eigenvalue weighted by Gasteiger charge is 2.25. The Bertz CT molecular complexity index is 1120. The number of aromatic nitrogens is 1. The van der Waals surface area contributed by atoms with Gasteiger partial charge in [-0.1, -0.05) is 18.3 Å². The number of hydrogen-bond donors (Lipinski definition) is 3. The molecule has 3 heterocycles. The fourth-order valence-corrected chi connectivity index (χ4v) is 4.28. The summed E-state index contributed by atoms with van der Waals surface area (Å²) in [7, 11) is 1.37. The van der Waals surface area contributed by atoms with Gasteiger partial charge in [-0.2, -0.15) is 0 Å². The van der Waals surface area contributed by atoms with Crippen LogP contribution in [0.15, 0.2) is 47.9 Å². The van der Waals surface area contributed by atoms with Crippen LogP contribution >= 0.6 is 12.2 Å². The van der Waals surface area contributed by atoms with Crippen molar-refractivity contribution in [1.82, 2.24) is 15.6 Å². The zero-order valence-corrected chi connectivity index (χ0v) is 20.8. The summed E-state index contributed by atoms with van der Waals surface area (Å²) in [5.41, 5.74) is 2.20. The van der Waals surface area contributed by atoms with Crippen LogP contribution in [0.5, 0.6) is 11.5 Å². The third-order valence-corrected chi connectivity index (χ3v) is 6.09. The summed E-state index contributed by atoms with van der Waals surface area (Å²) in [5, 5.41) is 9.10. The first-order chi connectivity index (χ1) is 17.6. The second-order valence-corrected chi connectivity index (χ2v) is 8.58. The van der Waals surface area contributed by atoms with E-state index in [0.717, 1.165) is 5.56 Å². The highest BCUT2D eigenvalue weighted by Crippen LogP contribution is 2.28. The van der Waals surface area contributed by atoms with E-state index >= 15 is 0 Å². The molecule has 0 radical (unpaired) electrons. The van der Waals surface area contributed by atoms with Crippen LogP contribution in [-0.4, -0.2) is 62.1 Å². The summed E-state index contributed by atoms with van der Waals surface area (Å²) in [5.74, 6) is -0.166. The van der Waals surface area contributed by atoms with Gasteiger partial charge in [-0.25, -0.2) is 4.39 Å². The number of carbonyl (C=O) groups is 1. The fourth-order valence-electron chi connectivity index (χ4n) is 3.96. The number of halogens is 1. The lowest BCUT2D eigenvalue weighted by Crippen LogP contribution is -2.39. The largest absolute Gasteiger partial charge is 0.492 e. The number of hydrogen-bond acceptors (Lipinski definition) is 8. The molecule has 1 unspecified atom stereocenters. The van der Waals surface area contributed by atoms with Crippen LogP contribution in [-0.2, 0) is 20.8 Å². The number of methoxy groups -OCH3 is 1. The highest BCUT2D eigenvalue weighted by atomic mass is 32.1. The Morgan fingerprint density at radius 2 is 2.22 bits per heavy atom. The highest BCUT2D eigenvalue weighted by molar-refractivity contribution is 7.81. The van der Waals surface area contributed by atoms with Crippen molar-refractivity contribution in [3.63, 3.8) is 0 Å². The number of para-hydroxylation sites is 1. The molecule has 1 aromatic carbocycles. The number of ether oxygens (including phenoxy) is 4. The molecular weight excluding hydrogens is 487 g/mol. The van der Waals surface area contributed by atoms with Crippen molar-refractivity contribution in [1.29, 1.82) is 0 Å². The average molecular weight is 517 g/mol. The molecule has 0 saturated carbocycles. The van der Waals surface area contributed by atoms with Crippen LogP contribution < -0.4 is 25.4 Å². The number of thiocarbonyl (C=S) groups is 1. The van der Waals surface area contributed by atoms with Crippen LogP contribution in [0.1, 0.15) is 18.4 Å². The average Bonchev–Trinajstić information content (AvgIpc) is 2.89. The molecule has 1 saturated heterocycles. The lowest BCUT2D eigenvalue weighted by Gasteiger charge is -2.24. The van der Waals surface area contributed by atoms with E-state index < -0.39 is 5.82 Å². The third kappa shape index (κ3) is 6.48. The van der Waals surface area contributed by atoms with Gasteiger partial charge in [0, 0.05) is 43.4 Å². The van der Waals surface area contributed by atoms with Gasteiger partial charge in [-0.05, 0) is 18.2 Å². The molecule has 2 aromatic rings. The Balaban J connectivity index is 1.44. The summed E-state index contributed by atoms with van der Waals surface area (Å²) in [4.78, 5) is 17.1. The number of carbonyl (C=O) groups excluding carboxylic acids is 1. The van der Waals surface area contributed by atoms with Gasteiger partial charge in [0.25, 0.3) is 5.91 Å². The van der Waals surface area contributed by atoms with Crippen molar-refractivity contribution < 1.29 is 28.1 Å². The van der Waals surface area contributed by atoms with E-state index in [1.165, 1.54) is 19.2 Å². The summed E-state index contributed by atoms with van der Waals surface area (Å²) in [6, 6.07) is 6.32. The maximum atomic E-state index is 14.1. The molecule has 1 atom stereocenters. The van der Waals surface area contributed by atoms with Gasteiger partial charge in [0.1, 0.15) is 10.7 Å². The molecule has 0 aliphatic carbocycles. The lowest BCUT2D eigenvalue weighted by atomic mass is 10.1. The normalized spacial score (nSPS) is 17.8. The summed E-state index contributed by atoms with van der Waals surface area (Å²) in [6.07, 6.45) is 4.65. The molecule has 192 valence electrons. The molecule has 1 aromatic heterocycles. The molecule has 0 spiro atoms. The van der Waals surface area contributed by atoms with E-state index in [4.69, 9.17) is 31.2 Å². The maximum Gasteiger partial charge on any atom is 0.256 e. The molecule has 1 fully saturated rings. The minimum atomic E-state index is -0.529. The van der Waals surface area contributed by atoms with Crippen molar-refractivity contribution in [3.05, 3.63) is 59.3 Å². The van der Waals surface area contributed by atoms with Crippen LogP contribution in [0.25, 0.3) is 0 Å². The second-order valence-electron chi connectivity index (χ2n) is 8.18. The molecule has 3 N–H and O–H groups in total. The Hall–Kier alpha value is -3.28. The van der Waals surface area contributed by atoms with E-state index in [0.29, 0.717) is 75.1 Å². The maximum absolute atomic E-state index is 14.1. The van der Waals surface area contributed by atoms with Gasteiger partial charge in [0.2, 0.25) is 0 Å². The van der Waals surface area contributed by atoms with Crippen molar-refractivity contribution in [2.24, 2.45) is 0 Å². The number of nitrogens with zero attached hydrogens (tertiary/aromatic N) is 1. The minimum Gasteiger partial charge on any atom is -0.492 e. The van der Waals surface area contributed by atoms with Crippen LogP contribution in [0.3, 0.4) is 0 Å². The third-order valence-electron chi connectivity index (χ3n) is 5.78. The van der Waals surface area contributed by atoms with Gasteiger partial charge in [0.15, 0.2) is 11.6 Å². The van der Waals surface area contributed by atoms with Gasteiger partial charge in [0.05, 0.1) is 57.1 Å². The Morgan fingerprint density at radius 3 is 3.03 bits per heavy atom. The van der Waals surface area contributed by atoms with Crippen molar-refractivity contribution in [3.8, 4) is 11.5 Å². The van der Waals surface area contributed by atoms with Crippen molar-refractivity contribution in [2.75, 3.05) is 45.4 Å². The molecule has 11 heteroatoms. The van der Waals surface area contributed by atoms with Gasteiger partial charge in [-0.3, -0.25) is 9.78 Å². The number of amides is 1.